The fraction of sp³-hybridized carbons (Fsp3) is 0.412. The van der Waals surface area contributed by atoms with Crippen LogP contribution in [0, 0.1) is 0 Å². The molecule has 0 aliphatic carbocycles. The van der Waals surface area contributed by atoms with Crippen LogP contribution in [-0.4, -0.2) is 25.7 Å². The monoisotopic (exact) mass is 301 g/mol. The van der Waals surface area contributed by atoms with Gasteiger partial charge in [-0.3, -0.25) is 4.72 Å². The molecule has 1 aliphatic rings. The maximum atomic E-state index is 3.70. The van der Waals surface area contributed by atoms with Gasteiger partial charge in [0, 0.05) is 28.6 Å². The van der Waals surface area contributed by atoms with E-state index in [0.29, 0.717) is 0 Å². The minimum absolute atomic E-state index is 0.221. The van der Waals surface area contributed by atoms with Gasteiger partial charge in [-0.15, -0.1) is 0 Å². The third kappa shape index (κ3) is 3.18. The Morgan fingerprint density at radius 2 is 1.76 bits per heavy atom. The minimum Gasteiger partial charge on any atom is -0.388 e. The molecule has 0 spiro atoms. The molecule has 1 heterocycles. The Labute approximate surface area is 131 Å². The lowest BCUT2D eigenvalue weighted by Crippen LogP contribution is -2.47. The minimum atomic E-state index is 0.221. The van der Waals surface area contributed by atoms with E-state index in [4.69, 9.17) is 0 Å². The summed E-state index contributed by atoms with van der Waals surface area (Å²) in [4.78, 5) is 1.30. The zero-order valence-corrected chi connectivity index (χ0v) is 13.5. The second-order valence-corrected chi connectivity index (χ2v) is 6.77. The normalized spacial score (nSPS) is 17.8. The van der Waals surface area contributed by atoms with Crippen molar-refractivity contribution in [3.63, 3.8) is 0 Å². The molecule has 0 bridgehead atoms. The van der Waals surface area contributed by atoms with Gasteiger partial charge >= 0.3 is 0 Å². The van der Waals surface area contributed by atoms with Crippen molar-refractivity contribution in [3.05, 3.63) is 36.4 Å². The molecule has 3 nitrogen and oxygen atoms in total. The Kier molecular flexibility index (Phi) is 4.38. The molecule has 0 amide bonds. The molecule has 21 heavy (non-hydrogen) atoms. The first-order chi connectivity index (χ1) is 10.2. The topological polar surface area (TPSA) is 36.1 Å². The van der Waals surface area contributed by atoms with Gasteiger partial charge in [0.25, 0.3) is 0 Å². The summed E-state index contributed by atoms with van der Waals surface area (Å²) in [6.45, 7) is 4.53. The Balaban J connectivity index is 1.84. The maximum absolute atomic E-state index is 3.70. The van der Waals surface area contributed by atoms with E-state index in [-0.39, 0.29) is 5.54 Å². The molecule has 0 atom stereocenters. The summed E-state index contributed by atoms with van der Waals surface area (Å²) in [5, 5.41) is 9.28. The molecule has 4 heteroatoms. The summed E-state index contributed by atoms with van der Waals surface area (Å²) >= 11 is 1.77. The first kappa shape index (κ1) is 14.7. The van der Waals surface area contributed by atoms with Crippen LogP contribution in [0.15, 0.2) is 41.3 Å². The van der Waals surface area contributed by atoms with E-state index in [9.17, 15) is 0 Å². The van der Waals surface area contributed by atoms with Crippen LogP contribution in [0.5, 0.6) is 0 Å². The molecule has 1 fully saturated rings. The predicted molar refractivity (Wildman–Crippen MR) is 93.0 cm³/mol. The number of benzene rings is 2. The van der Waals surface area contributed by atoms with Crippen LogP contribution in [0.2, 0.25) is 0 Å². The summed E-state index contributed by atoms with van der Waals surface area (Å²) in [5.41, 5.74) is 1.40. The van der Waals surface area contributed by atoms with Crippen molar-refractivity contribution in [1.29, 1.82) is 0 Å². The molecule has 0 aromatic heterocycles. The zero-order chi connectivity index (χ0) is 14.7. The first-order valence-corrected chi connectivity index (χ1v) is 8.38. The molecule has 112 valence electrons. The molecule has 2 aromatic carbocycles. The largest absolute Gasteiger partial charge is 0.388 e. The maximum Gasteiger partial charge on any atom is 0.0418 e. The first-order valence-electron chi connectivity index (χ1n) is 7.56. The van der Waals surface area contributed by atoms with Crippen LogP contribution in [0.25, 0.3) is 10.8 Å². The van der Waals surface area contributed by atoms with Gasteiger partial charge < -0.3 is 10.6 Å². The molecule has 3 N–H and O–H groups in total. The van der Waals surface area contributed by atoms with Crippen molar-refractivity contribution in [2.45, 2.75) is 30.2 Å². The fourth-order valence-electron chi connectivity index (χ4n) is 2.84. The highest BCUT2D eigenvalue weighted by Crippen LogP contribution is 2.33. The third-order valence-corrected chi connectivity index (χ3v) is 5.44. The molecule has 2 aromatic rings. The van der Waals surface area contributed by atoms with Gasteiger partial charge in [0.1, 0.15) is 0 Å². The van der Waals surface area contributed by atoms with E-state index < -0.39 is 0 Å². The summed E-state index contributed by atoms with van der Waals surface area (Å²) in [6.07, 6.45) is 2.35. The SMILES string of the molecule is CNc1ccc(SNC2(C)CCNCC2)c2ccccc12. The van der Waals surface area contributed by atoms with E-state index in [0.717, 1.165) is 13.1 Å². The Bertz CT molecular complexity index is 620. The van der Waals surface area contributed by atoms with E-state index in [1.807, 2.05) is 7.05 Å². The quantitative estimate of drug-likeness (QED) is 0.754. The molecule has 0 radical (unpaired) electrons. The molecular weight excluding hydrogens is 278 g/mol. The average molecular weight is 301 g/mol. The van der Waals surface area contributed by atoms with Gasteiger partial charge in [-0.05, 0) is 62.3 Å². The zero-order valence-electron chi connectivity index (χ0n) is 12.7. The number of hydrogen-bond donors (Lipinski definition) is 3. The average Bonchev–Trinajstić information content (AvgIpc) is 2.53. The second kappa shape index (κ2) is 6.26. The van der Waals surface area contributed by atoms with Crippen molar-refractivity contribution in [3.8, 4) is 0 Å². The van der Waals surface area contributed by atoms with Gasteiger partial charge in [0.2, 0.25) is 0 Å². The van der Waals surface area contributed by atoms with Gasteiger partial charge in [-0.25, -0.2) is 0 Å². The molecular formula is C17H23N3S. The van der Waals surface area contributed by atoms with E-state index >= 15 is 0 Å². The number of nitrogens with one attached hydrogen (secondary N) is 3. The van der Waals surface area contributed by atoms with Gasteiger partial charge in [0.15, 0.2) is 0 Å². The smallest absolute Gasteiger partial charge is 0.0418 e. The summed E-state index contributed by atoms with van der Waals surface area (Å²) in [7, 11) is 1.98. The summed E-state index contributed by atoms with van der Waals surface area (Å²) in [5.74, 6) is 0. The van der Waals surface area contributed by atoms with Crippen LogP contribution >= 0.6 is 11.9 Å². The van der Waals surface area contributed by atoms with Crippen molar-refractivity contribution < 1.29 is 0 Å². The lowest BCUT2D eigenvalue weighted by Gasteiger charge is -2.34. The highest BCUT2D eigenvalue weighted by atomic mass is 32.2. The Morgan fingerprint density at radius 1 is 1.05 bits per heavy atom. The standard InChI is InChI=1S/C17H23N3S/c1-17(9-11-19-12-10-17)20-21-16-8-7-15(18-2)13-5-3-4-6-14(13)16/h3-8,18-20H,9-12H2,1-2H3. The van der Waals surface area contributed by atoms with Crippen molar-refractivity contribution in [1.82, 2.24) is 10.0 Å². The van der Waals surface area contributed by atoms with E-state index in [1.54, 1.807) is 11.9 Å². The van der Waals surface area contributed by atoms with E-state index in [1.165, 1.54) is 34.2 Å². The summed E-state index contributed by atoms with van der Waals surface area (Å²) < 4.78 is 3.70. The van der Waals surface area contributed by atoms with Gasteiger partial charge in [0.05, 0.1) is 0 Å². The number of hydrogen-bond acceptors (Lipinski definition) is 4. The number of anilines is 1. The van der Waals surface area contributed by atoms with Gasteiger partial charge in [-0.2, -0.15) is 0 Å². The number of fused-ring (bicyclic) bond motifs is 1. The lowest BCUT2D eigenvalue weighted by molar-refractivity contribution is 0.316. The van der Waals surface area contributed by atoms with Gasteiger partial charge in [-0.1, -0.05) is 24.3 Å². The highest BCUT2D eigenvalue weighted by Gasteiger charge is 2.26. The van der Waals surface area contributed by atoms with Crippen molar-refractivity contribution in [2.24, 2.45) is 0 Å². The predicted octanol–water partition coefficient (Wildman–Crippen LogP) is 3.62. The van der Waals surface area contributed by atoms with Crippen molar-refractivity contribution in [2.75, 3.05) is 25.5 Å². The Hall–Kier alpha value is -1.23. The fourth-order valence-corrected chi connectivity index (χ4v) is 3.82. The second-order valence-electron chi connectivity index (χ2n) is 5.92. The highest BCUT2D eigenvalue weighted by molar-refractivity contribution is 7.97. The lowest BCUT2D eigenvalue weighted by atomic mass is 9.92. The van der Waals surface area contributed by atoms with Crippen LogP contribution in [0.1, 0.15) is 19.8 Å². The van der Waals surface area contributed by atoms with Crippen LogP contribution in [-0.2, 0) is 0 Å². The Morgan fingerprint density at radius 3 is 2.48 bits per heavy atom. The van der Waals surface area contributed by atoms with Crippen LogP contribution < -0.4 is 15.4 Å². The number of piperidine rings is 1. The molecule has 0 saturated carbocycles. The van der Waals surface area contributed by atoms with Crippen LogP contribution in [0.3, 0.4) is 0 Å². The number of rotatable bonds is 4. The molecule has 1 saturated heterocycles. The third-order valence-electron chi connectivity index (χ3n) is 4.27. The molecule has 1 aliphatic heterocycles. The van der Waals surface area contributed by atoms with E-state index in [2.05, 4.69) is 58.7 Å². The van der Waals surface area contributed by atoms with Crippen LogP contribution in [0.4, 0.5) is 5.69 Å². The molecule has 3 rings (SSSR count). The molecule has 0 unspecified atom stereocenters. The van der Waals surface area contributed by atoms with Crippen molar-refractivity contribution >= 4 is 28.4 Å². The summed E-state index contributed by atoms with van der Waals surface area (Å²) in [6, 6.07) is 13.0.